The Labute approximate surface area is 203 Å². The molecule has 4 aromatic heterocycles. The summed E-state index contributed by atoms with van der Waals surface area (Å²) in [7, 11) is 0. The Balaban J connectivity index is 1.36. The minimum atomic E-state index is -0.192. The summed E-state index contributed by atoms with van der Waals surface area (Å²) in [5.41, 5.74) is 2.56. The van der Waals surface area contributed by atoms with Crippen molar-refractivity contribution in [3.63, 3.8) is 0 Å². The average Bonchev–Trinajstić information content (AvgIpc) is 3.50. The Morgan fingerprint density at radius 3 is 2.91 bits per heavy atom. The fraction of sp³-hybridized carbons (Fsp3) is 0.346. The predicted octanol–water partition coefficient (Wildman–Crippen LogP) is 3.66. The van der Waals surface area contributed by atoms with Crippen molar-refractivity contribution in [1.29, 1.82) is 0 Å². The molecule has 5 rings (SSSR count). The van der Waals surface area contributed by atoms with E-state index in [0.29, 0.717) is 54.8 Å². The Morgan fingerprint density at radius 2 is 2.09 bits per heavy atom. The second kappa shape index (κ2) is 10.5. The molecule has 0 aromatic carbocycles. The zero-order valence-electron chi connectivity index (χ0n) is 19.5. The smallest absolute Gasteiger partial charge is 0.252 e. The second-order valence-electron chi connectivity index (χ2n) is 8.72. The Bertz CT molecular complexity index is 1300. The van der Waals surface area contributed by atoms with Gasteiger partial charge in [0.2, 0.25) is 5.91 Å². The van der Waals surface area contributed by atoms with Gasteiger partial charge in [-0.15, -0.1) is 0 Å². The van der Waals surface area contributed by atoms with Crippen molar-refractivity contribution in [3.8, 4) is 11.3 Å². The molecule has 9 heteroatoms. The van der Waals surface area contributed by atoms with Crippen LogP contribution in [-0.4, -0.2) is 56.1 Å². The number of carbonyl (C=O) groups is 2. The first kappa shape index (κ1) is 22.8. The van der Waals surface area contributed by atoms with Crippen LogP contribution in [0.5, 0.6) is 0 Å². The van der Waals surface area contributed by atoms with Crippen LogP contribution in [0.4, 0.5) is 0 Å². The molecular formula is C26H28N6O3. The van der Waals surface area contributed by atoms with Crippen LogP contribution in [0.2, 0.25) is 0 Å². The zero-order chi connectivity index (χ0) is 24.0. The third-order valence-electron chi connectivity index (χ3n) is 6.26. The molecule has 1 N–H and O–H groups in total. The van der Waals surface area contributed by atoms with E-state index in [1.807, 2.05) is 29.2 Å². The summed E-state index contributed by atoms with van der Waals surface area (Å²) in [5, 5.41) is 8.17. The maximum atomic E-state index is 13.2. The van der Waals surface area contributed by atoms with E-state index in [0.717, 1.165) is 37.1 Å². The summed E-state index contributed by atoms with van der Waals surface area (Å²) in [6.07, 6.45) is 11.2. The molecule has 35 heavy (non-hydrogen) atoms. The normalized spacial score (nSPS) is 14.3. The number of likely N-dealkylation sites (tertiary alicyclic amines) is 1. The van der Waals surface area contributed by atoms with Crippen LogP contribution < -0.4 is 5.32 Å². The van der Waals surface area contributed by atoms with Crippen molar-refractivity contribution in [2.24, 2.45) is 0 Å². The Kier molecular flexibility index (Phi) is 6.83. The number of carbonyl (C=O) groups excluding carboxylic acids is 2. The SMILES string of the molecule is O=C(NCCCN1CCCCCC1=O)c1cc(-c2cccnc2)nc2c1cnn2Cc1ccco1. The third kappa shape index (κ3) is 5.24. The molecule has 5 heterocycles. The van der Waals surface area contributed by atoms with Gasteiger partial charge < -0.3 is 14.6 Å². The highest BCUT2D eigenvalue weighted by molar-refractivity contribution is 6.06. The molecule has 0 bridgehead atoms. The fourth-order valence-corrected chi connectivity index (χ4v) is 4.41. The largest absolute Gasteiger partial charge is 0.467 e. The molecule has 0 atom stereocenters. The van der Waals surface area contributed by atoms with Crippen LogP contribution in [0.3, 0.4) is 0 Å². The van der Waals surface area contributed by atoms with E-state index in [2.05, 4.69) is 15.4 Å². The maximum Gasteiger partial charge on any atom is 0.252 e. The first-order valence-electron chi connectivity index (χ1n) is 12.0. The molecule has 0 spiro atoms. The van der Waals surface area contributed by atoms with Gasteiger partial charge in [-0.2, -0.15) is 5.10 Å². The highest BCUT2D eigenvalue weighted by atomic mass is 16.3. The van der Waals surface area contributed by atoms with Gasteiger partial charge in [-0.3, -0.25) is 14.6 Å². The number of nitrogens with one attached hydrogen (secondary N) is 1. The molecule has 0 saturated carbocycles. The van der Waals surface area contributed by atoms with Gasteiger partial charge in [-0.25, -0.2) is 9.67 Å². The molecule has 0 aliphatic carbocycles. The van der Waals surface area contributed by atoms with Crippen LogP contribution in [0.15, 0.2) is 59.6 Å². The lowest BCUT2D eigenvalue weighted by atomic mass is 10.1. The molecule has 1 aliphatic rings. The van der Waals surface area contributed by atoms with E-state index in [1.54, 1.807) is 35.6 Å². The number of fused-ring (bicyclic) bond motifs is 1. The highest BCUT2D eigenvalue weighted by Gasteiger charge is 2.19. The molecule has 1 fully saturated rings. The van der Waals surface area contributed by atoms with Crippen molar-refractivity contribution >= 4 is 22.8 Å². The van der Waals surface area contributed by atoms with E-state index in [9.17, 15) is 9.59 Å². The van der Waals surface area contributed by atoms with Crippen molar-refractivity contribution in [3.05, 3.63) is 66.5 Å². The molecule has 180 valence electrons. The molecular weight excluding hydrogens is 444 g/mol. The summed E-state index contributed by atoms with van der Waals surface area (Å²) in [6, 6.07) is 9.24. The average molecular weight is 473 g/mol. The van der Waals surface area contributed by atoms with Gasteiger partial charge in [0.05, 0.1) is 29.1 Å². The van der Waals surface area contributed by atoms with Gasteiger partial charge in [0.15, 0.2) is 5.65 Å². The van der Waals surface area contributed by atoms with Crippen LogP contribution in [0, 0.1) is 0 Å². The van der Waals surface area contributed by atoms with Crippen molar-refractivity contribution < 1.29 is 14.0 Å². The van der Waals surface area contributed by atoms with Crippen LogP contribution in [-0.2, 0) is 11.3 Å². The lowest BCUT2D eigenvalue weighted by Crippen LogP contribution is -2.34. The van der Waals surface area contributed by atoms with E-state index >= 15 is 0 Å². The second-order valence-corrected chi connectivity index (χ2v) is 8.72. The quantitative estimate of drug-likeness (QED) is 0.392. The van der Waals surface area contributed by atoms with Gasteiger partial charge in [0.25, 0.3) is 5.91 Å². The summed E-state index contributed by atoms with van der Waals surface area (Å²) >= 11 is 0. The van der Waals surface area contributed by atoms with Crippen molar-refractivity contribution in [1.82, 2.24) is 30.0 Å². The van der Waals surface area contributed by atoms with Crippen molar-refractivity contribution in [2.45, 2.75) is 38.6 Å². The first-order chi connectivity index (χ1) is 17.2. The molecule has 0 radical (unpaired) electrons. The molecule has 1 saturated heterocycles. The molecule has 2 amide bonds. The number of furan rings is 1. The summed E-state index contributed by atoms with van der Waals surface area (Å²) in [5.74, 6) is 0.773. The van der Waals surface area contributed by atoms with E-state index in [4.69, 9.17) is 9.40 Å². The molecule has 9 nitrogen and oxygen atoms in total. The van der Waals surface area contributed by atoms with E-state index in [1.165, 1.54) is 0 Å². The predicted molar refractivity (Wildman–Crippen MR) is 131 cm³/mol. The van der Waals surface area contributed by atoms with Gasteiger partial charge >= 0.3 is 0 Å². The number of pyridine rings is 2. The third-order valence-corrected chi connectivity index (χ3v) is 6.26. The van der Waals surface area contributed by atoms with Gasteiger partial charge in [0.1, 0.15) is 12.3 Å². The monoisotopic (exact) mass is 472 g/mol. The van der Waals surface area contributed by atoms with Gasteiger partial charge in [-0.1, -0.05) is 6.42 Å². The molecule has 0 unspecified atom stereocenters. The maximum absolute atomic E-state index is 13.2. The summed E-state index contributed by atoms with van der Waals surface area (Å²) in [4.78, 5) is 36.4. The highest BCUT2D eigenvalue weighted by Crippen LogP contribution is 2.25. The number of hydrogen-bond acceptors (Lipinski definition) is 6. The molecule has 4 aromatic rings. The lowest BCUT2D eigenvalue weighted by molar-refractivity contribution is -0.130. The topological polar surface area (TPSA) is 106 Å². The zero-order valence-corrected chi connectivity index (χ0v) is 19.5. The minimum Gasteiger partial charge on any atom is -0.467 e. The van der Waals surface area contributed by atoms with E-state index in [-0.39, 0.29) is 11.8 Å². The van der Waals surface area contributed by atoms with Crippen LogP contribution >= 0.6 is 0 Å². The lowest BCUT2D eigenvalue weighted by Gasteiger charge is -2.20. The van der Waals surface area contributed by atoms with Gasteiger partial charge in [-0.05, 0) is 49.6 Å². The standard InChI is InChI=1S/C26H28N6O3/c33-24-9-2-1-3-12-31(24)13-6-11-28-26(34)21-15-23(19-7-4-10-27-16-19)30-25-22(21)17-29-32(25)18-20-8-5-14-35-20/h4-5,7-8,10,14-17H,1-3,6,9,11-13,18H2,(H,28,34). The molecule has 1 aliphatic heterocycles. The summed E-state index contributed by atoms with van der Waals surface area (Å²) < 4.78 is 7.21. The summed E-state index contributed by atoms with van der Waals surface area (Å²) in [6.45, 7) is 2.36. The van der Waals surface area contributed by atoms with E-state index < -0.39 is 0 Å². The Hall–Kier alpha value is -4.01. The number of aromatic nitrogens is 4. The number of rotatable bonds is 8. The first-order valence-corrected chi connectivity index (χ1v) is 12.0. The van der Waals surface area contributed by atoms with Crippen LogP contribution in [0.1, 0.15) is 48.2 Å². The fourth-order valence-electron chi connectivity index (χ4n) is 4.41. The minimum absolute atomic E-state index is 0.192. The van der Waals surface area contributed by atoms with Crippen LogP contribution in [0.25, 0.3) is 22.3 Å². The van der Waals surface area contributed by atoms with Gasteiger partial charge in [0, 0.05) is 44.0 Å². The Morgan fingerprint density at radius 1 is 1.14 bits per heavy atom. The number of hydrogen-bond donors (Lipinski definition) is 1. The number of amides is 2. The van der Waals surface area contributed by atoms with Crippen molar-refractivity contribution in [2.75, 3.05) is 19.6 Å². The number of nitrogens with zero attached hydrogens (tertiary/aromatic N) is 5.